The number of pyridine rings is 1. The van der Waals surface area contributed by atoms with Gasteiger partial charge in [-0.15, -0.1) is 11.3 Å². The molecule has 1 aliphatic heterocycles. The molecule has 5 rings (SSSR count). The third kappa shape index (κ3) is 4.01. The van der Waals surface area contributed by atoms with Crippen molar-refractivity contribution in [2.45, 2.75) is 11.6 Å². The maximum atomic E-state index is 14.7. The van der Waals surface area contributed by atoms with Crippen molar-refractivity contribution in [2.75, 3.05) is 11.8 Å². The highest BCUT2D eigenvalue weighted by molar-refractivity contribution is 7.92. The van der Waals surface area contributed by atoms with Gasteiger partial charge in [0, 0.05) is 46.4 Å². The Balaban J connectivity index is 1.45. The summed E-state index contributed by atoms with van der Waals surface area (Å²) < 4.78 is 42.3. The Labute approximate surface area is 194 Å². The van der Waals surface area contributed by atoms with Crippen LogP contribution in [0.25, 0.3) is 20.9 Å². The summed E-state index contributed by atoms with van der Waals surface area (Å²) in [5.74, 6) is -0.444. The lowest BCUT2D eigenvalue weighted by molar-refractivity contribution is 0.0816. The molecular weight excluding hydrogens is 461 g/mol. The average Bonchev–Trinajstić information content (AvgIpc) is 3.40. The predicted molar refractivity (Wildman–Crippen MR) is 126 cm³/mol. The number of amides is 1. The highest BCUT2D eigenvalue weighted by Gasteiger charge is 2.24. The second-order valence-electron chi connectivity index (χ2n) is 7.67. The third-order valence-electron chi connectivity index (χ3n) is 5.38. The summed E-state index contributed by atoms with van der Waals surface area (Å²) in [5, 5.41) is -0.116. The number of halogens is 1. The number of sulfonamides is 1. The lowest BCUT2D eigenvalue weighted by Crippen LogP contribution is -2.17. The van der Waals surface area contributed by atoms with Crippen molar-refractivity contribution in [2.24, 2.45) is 0 Å². The Kier molecular flexibility index (Phi) is 5.22. The number of hydrogen-bond acceptors (Lipinski definition) is 5. The van der Waals surface area contributed by atoms with Crippen LogP contribution in [0.1, 0.15) is 15.9 Å². The number of hydrogen-bond donors (Lipinski definition) is 1. The zero-order valence-corrected chi connectivity index (χ0v) is 19.1. The molecule has 1 amide bonds. The number of anilines is 1. The Morgan fingerprint density at radius 2 is 1.82 bits per heavy atom. The number of carbonyl (C=O) groups excluding carboxylic acids is 1. The summed E-state index contributed by atoms with van der Waals surface area (Å²) in [5.41, 5.74) is 3.15. The molecule has 0 saturated heterocycles. The van der Waals surface area contributed by atoms with E-state index in [1.807, 2.05) is 24.3 Å². The van der Waals surface area contributed by atoms with E-state index in [1.165, 1.54) is 41.8 Å². The standard InChI is InChI=1S/C24H18FN3O3S2/c1-28-14-16-12-15(5-7-18(16)24(28)29)21-9-10-22(32-21)19-13-17(6-8-20(19)25)27-33(30,31)23-4-2-3-11-26-23/h2-13,27H,14H2,1H3. The van der Waals surface area contributed by atoms with E-state index in [9.17, 15) is 17.6 Å². The van der Waals surface area contributed by atoms with Crippen molar-refractivity contribution in [1.29, 1.82) is 0 Å². The van der Waals surface area contributed by atoms with Gasteiger partial charge in [-0.3, -0.25) is 9.52 Å². The van der Waals surface area contributed by atoms with Crippen LogP contribution in [0, 0.1) is 5.82 Å². The van der Waals surface area contributed by atoms with Crippen LogP contribution < -0.4 is 4.72 Å². The van der Waals surface area contributed by atoms with E-state index in [2.05, 4.69) is 9.71 Å². The number of thiophene rings is 1. The van der Waals surface area contributed by atoms with Gasteiger partial charge in [-0.2, -0.15) is 8.42 Å². The molecule has 0 radical (unpaired) electrons. The van der Waals surface area contributed by atoms with Crippen molar-refractivity contribution < 1.29 is 17.6 Å². The number of fused-ring (bicyclic) bond motifs is 1. The SMILES string of the molecule is CN1Cc2cc(-c3ccc(-c4cc(NS(=O)(=O)c5ccccn5)ccc4F)s3)ccc2C1=O. The number of rotatable bonds is 5. The van der Waals surface area contributed by atoms with Gasteiger partial charge in [-0.25, -0.2) is 9.37 Å². The number of aromatic nitrogens is 1. The van der Waals surface area contributed by atoms with E-state index in [1.54, 1.807) is 30.1 Å². The Hall–Kier alpha value is -3.56. The molecule has 0 aliphatic carbocycles. The lowest BCUT2D eigenvalue weighted by atomic mass is 10.1. The first-order chi connectivity index (χ1) is 15.8. The largest absolute Gasteiger partial charge is 0.337 e. The van der Waals surface area contributed by atoms with Crippen LogP contribution in [0.15, 0.2) is 78.0 Å². The second-order valence-corrected chi connectivity index (χ2v) is 10.4. The smallest absolute Gasteiger partial charge is 0.279 e. The van der Waals surface area contributed by atoms with Crippen LogP contribution in [0.5, 0.6) is 0 Å². The zero-order valence-electron chi connectivity index (χ0n) is 17.4. The van der Waals surface area contributed by atoms with Gasteiger partial charge in [0.05, 0.1) is 0 Å². The average molecular weight is 480 g/mol. The quantitative estimate of drug-likeness (QED) is 0.437. The molecule has 1 N–H and O–H groups in total. The first-order valence-corrected chi connectivity index (χ1v) is 12.3. The zero-order chi connectivity index (χ0) is 23.2. The number of benzene rings is 2. The molecule has 3 heterocycles. The second kappa shape index (κ2) is 8.09. The highest BCUT2D eigenvalue weighted by atomic mass is 32.2. The number of nitrogens with zero attached hydrogens (tertiary/aromatic N) is 2. The Bertz CT molecular complexity index is 1480. The maximum Gasteiger partial charge on any atom is 0.279 e. The van der Waals surface area contributed by atoms with Gasteiger partial charge in [0.25, 0.3) is 15.9 Å². The van der Waals surface area contributed by atoms with Crippen molar-refractivity contribution in [3.63, 3.8) is 0 Å². The molecule has 0 atom stereocenters. The van der Waals surface area contributed by atoms with Crippen LogP contribution in [0.4, 0.5) is 10.1 Å². The fraction of sp³-hybridized carbons (Fsp3) is 0.0833. The molecule has 33 heavy (non-hydrogen) atoms. The molecule has 0 spiro atoms. The summed E-state index contributed by atoms with van der Waals surface area (Å²) in [6.45, 7) is 0.563. The topological polar surface area (TPSA) is 79.4 Å². The molecular formula is C24H18FN3O3S2. The lowest BCUT2D eigenvalue weighted by Gasteiger charge is -2.09. The van der Waals surface area contributed by atoms with Gasteiger partial charge >= 0.3 is 0 Å². The highest BCUT2D eigenvalue weighted by Crippen LogP contribution is 2.38. The van der Waals surface area contributed by atoms with Crippen molar-refractivity contribution in [1.82, 2.24) is 9.88 Å². The first kappa shape index (κ1) is 21.3. The van der Waals surface area contributed by atoms with Crippen LogP contribution >= 0.6 is 11.3 Å². The molecule has 0 bridgehead atoms. The normalized spacial score (nSPS) is 13.3. The van der Waals surface area contributed by atoms with E-state index in [0.29, 0.717) is 22.5 Å². The third-order valence-corrected chi connectivity index (χ3v) is 7.84. The van der Waals surface area contributed by atoms with Crippen LogP contribution in [-0.2, 0) is 16.6 Å². The summed E-state index contributed by atoms with van der Waals surface area (Å²) in [4.78, 5) is 19.3. The summed E-state index contributed by atoms with van der Waals surface area (Å²) in [7, 11) is -2.12. The minimum atomic E-state index is -3.89. The van der Waals surface area contributed by atoms with Gasteiger partial charge in [0.2, 0.25) is 0 Å². The first-order valence-electron chi connectivity index (χ1n) is 10.0. The minimum Gasteiger partial charge on any atom is -0.337 e. The fourth-order valence-electron chi connectivity index (χ4n) is 3.75. The number of carbonyl (C=O) groups is 1. The van der Waals surface area contributed by atoms with Gasteiger partial charge in [-0.1, -0.05) is 12.1 Å². The van der Waals surface area contributed by atoms with E-state index in [0.717, 1.165) is 16.0 Å². The molecule has 0 unspecified atom stereocenters. The van der Waals surface area contributed by atoms with E-state index in [4.69, 9.17) is 0 Å². The molecule has 4 aromatic rings. The number of nitrogens with one attached hydrogen (secondary N) is 1. The molecule has 0 fully saturated rings. The molecule has 2 aromatic heterocycles. The Morgan fingerprint density at radius 1 is 1.00 bits per heavy atom. The van der Waals surface area contributed by atoms with Gasteiger partial charge in [0.1, 0.15) is 5.82 Å². The van der Waals surface area contributed by atoms with Crippen LogP contribution in [0.2, 0.25) is 0 Å². The summed E-state index contributed by atoms with van der Waals surface area (Å²) in [6.07, 6.45) is 1.39. The fourth-order valence-corrected chi connectivity index (χ4v) is 5.77. The summed E-state index contributed by atoms with van der Waals surface area (Å²) >= 11 is 1.40. The maximum absolute atomic E-state index is 14.7. The van der Waals surface area contributed by atoms with Gasteiger partial charge in [0.15, 0.2) is 5.03 Å². The van der Waals surface area contributed by atoms with Crippen molar-refractivity contribution in [3.8, 4) is 20.9 Å². The van der Waals surface area contributed by atoms with Crippen LogP contribution in [0.3, 0.4) is 0 Å². The molecule has 1 aliphatic rings. The molecule has 0 saturated carbocycles. The predicted octanol–water partition coefficient (Wildman–Crippen LogP) is 5.00. The van der Waals surface area contributed by atoms with Crippen molar-refractivity contribution >= 4 is 33.0 Å². The molecule has 6 nitrogen and oxygen atoms in total. The van der Waals surface area contributed by atoms with E-state index >= 15 is 0 Å². The molecule has 166 valence electrons. The van der Waals surface area contributed by atoms with E-state index in [-0.39, 0.29) is 16.6 Å². The monoisotopic (exact) mass is 479 g/mol. The minimum absolute atomic E-state index is 0.00968. The molecule has 9 heteroatoms. The van der Waals surface area contributed by atoms with Gasteiger partial charge in [-0.05, 0) is 65.7 Å². The molecule has 2 aromatic carbocycles. The van der Waals surface area contributed by atoms with Crippen molar-refractivity contribution in [3.05, 3.63) is 89.9 Å². The summed E-state index contributed by atoms with van der Waals surface area (Å²) in [6, 6.07) is 18.1. The van der Waals surface area contributed by atoms with Gasteiger partial charge < -0.3 is 4.90 Å². The Morgan fingerprint density at radius 3 is 2.61 bits per heavy atom. The van der Waals surface area contributed by atoms with Crippen LogP contribution in [-0.4, -0.2) is 31.3 Å². The van der Waals surface area contributed by atoms with E-state index < -0.39 is 15.8 Å².